The zero-order valence-electron chi connectivity index (χ0n) is 14.4. The van der Waals surface area contributed by atoms with E-state index in [4.69, 9.17) is 26.4 Å². The van der Waals surface area contributed by atoms with Gasteiger partial charge in [-0.15, -0.1) is 0 Å². The van der Waals surface area contributed by atoms with Gasteiger partial charge < -0.3 is 19.5 Å². The summed E-state index contributed by atoms with van der Waals surface area (Å²) in [4.78, 5) is 0. The van der Waals surface area contributed by atoms with E-state index in [0.29, 0.717) is 23.2 Å². The van der Waals surface area contributed by atoms with Gasteiger partial charge in [0.1, 0.15) is 0 Å². The Balaban J connectivity index is 1.96. The van der Waals surface area contributed by atoms with Gasteiger partial charge in [-0.3, -0.25) is 5.43 Å². The van der Waals surface area contributed by atoms with Gasteiger partial charge in [0, 0.05) is 18.7 Å². The highest BCUT2D eigenvalue weighted by Gasteiger charge is 2.15. The molecule has 132 valence electrons. The molecule has 1 aliphatic heterocycles. The van der Waals surface area contributed by atoms with Crippen molar-refractivity contribution in [1.29, 1.82) is 0 Å². The summed E-state index contributed by atoms with van der Waals surface area (Å²) in [5, 5.41) is 8.05. The van der Waals surface area contributed by atoms with Crippen molar-refractivity contribution in [2.75, 3.05) is 27.4 Å². The van der Waals surface area contributed by atoms with Gasteiger partial charge in [-0.2, -0.15) is 5.10 Å². The zero-order chi connectivity index (χ0) is 17.4. The fourth-order valence-electron chi connectivity index (χ4n) is 2.53. The lowest BCUT2D eigenvalue weighted by Crippen LogP contribution is -2.37. The van der Waals surface area contributed by atoms with Gasteiger partial charge in [0.2, 0.25) is 0 Å². The molecule has 0 aromatic heterocycles. The number of hydrogen-bond acceptors (Lipinski definition) is 5. The predicted octanol–water partition coefficient (Wildman–Crippen LogP) is 2.46. The topological polar surface area (TPSA) is 64.1 Å². The molecule has 2 N–H and O–H groups in total. The maximum absolute atomic E-state index is 5.56. The first-order chi connectivity index (χ1) is 11.7. The summed E-state index contributed by atoms with van der Waals surface area (Å²) in [5.41, 5.74) is 4.75. The Bertz CT molecular complexity index is 586. The number of benzene rings is 1. The molecule has 1 heterocycles. The van der Waals surface area contributed by atoms with Crippen LogP contribution < -0.4 is 20.2 Å². The third-order valence-electron chi connectivity index (χ3n) is 3.86. The number of hydrogen-bond donors (Lipinski definition) is 2. The summed E-state index contributed by atoms with van der Waals surface area (Å²) < 4.78 is 16.2. The second-order valence-corrected chi connectivity index (χ2v) is 5.85. The van der Waals surface area contributed by atoms with Crippen LogP contribution in [0.25, 0.3) is 0 Å². The van der Waals surface area contributed by atoms with Crippen molar-refractivity contribution in [3.05, 3.63) is 23.8 Å². The average molecular weight is 351 g/mol. The maximum atomic E-state index is 5.56. The smallest absolute Gasteiger partial charge is 0.187 e. The van der Waals surface area contributed by atoms with Crippen LogP contribution in [-0.4, -0.2) is 44.3 Å². The second-order valence-electron chi connectivity index (χ2n) is 5.44. The van der Waals surface area contributed by atoms with E-state index in [1.54, 1.807) is 14.2 Å². The fraction of sp³-hybridized carbons (Fsp3) is 0.529. The van der Waals surface area contributed by atoms with Crippen LogP contribution in [0.4, 0.5) is 0 Å². The fourth-order valence-corrected chi connectivity index (χ4v) is 2.66. The number of methoxy groups -OCH3 is 2. The molecule has 24 heavy (non-hydrogen) atoms. The Morgan fingerprint density at radius 1 is 1.33 bits per heavy atom. The van der Waals surface area contributed by atoms with Crippen LogP contribution in [0.2, 0.25) is 0 Å². The van der Waals surface area contributed by atoms with Crippen LogP contribution in [0.5, 0.6) is 11.5 Å². The van der Waals surface area contributed by atoms with Crippen molar-refractivity contribution in [3.63, 3.8) is 0 Å². The quantitative estimate of drug-likeness (QED) is 0.447. The summed E-state index contributed by atoms with van der Waals surface area (Å²) >= 11 is 5.26. The first-order valence-corrected chi connectivity index (χ1v) is 8.53. The van der Waals surface area contributed by atoms with E-state index in [1.165, 1.54) is 0 Å². The van der Waals surface area contributed by atoms with E-state index < -0.39 is 0 Å². The Kier molecular flexibility index (Phi) is 7.27. The molecule has 2 rings (SSSR count). The van der Waals surface area contributed by atoms with Gasteiger partial charge in [-0.1, -0.05) is 6.92 Å². The molecule has 1 fully saturated rings. The average Bonchev–Trinajstić information content (AvgIpc) is 3.13. The highest BCUT2D eigenvalue weighted by Crippen LogP contribution is 2.28. The van der Waals surface area contributed by atoms with E-state index in [9.17, 15) is 0 Å². The summed E-state index contributed by atoms with van der Waals surface area (Å²) in [6.45, 7) is 3.59. The number of rotatable bonds is 7. The number of thiocarbonyl (C=S) groups is 1. The lowest BCUT2D eigenvalue weighted by molar-refractivity contribution is 0.114. The minimum Gasteiger partial charge on any atom is -0.493 e. The normalized spacial score (nSPS) is 17.5. The molecule has 1 unspecified atom stereocenters. The molecule has 1 saturated heterocycles. The lowest BCUT2D eigenvalue weighted by atomic mass is 10.1. The largest absolute Gasteiger partial charge is 0.493 e. The van der Waals surface area contributed by atoms with E-state index in [1.807, 2.05) is 25.1 Å². The number of nitrogens with one attached hydrogen (secondary N) is 2. The molecule has 0 aliphatic carbocycles. The van der Waals surface area contributed by atoms with Gasteiger partial charge in [0.05, 0.1) is 26.0 Å². The highest BCUT2D eigenvalue weighted by atomic mass is 32.1. The van der Waals surface area contributed by atoms with Gasteiger partial charge in [-0.05, 0) is 49.7 Å². The van der Waals surface area contributed by atoms with E-state index in [2.05, 4.69) is 15.8 Å². The van der Waals surface area contributed by atoms with E-state index >= 15 is 0 Å². The summed E-state index contributed by atoms with van der Waals surface area (Å²) in [6, 6.07) is 5.73. The third kappa shape index (κ3) is 5.07. The SMILES string of the molecule is CC/C(=N\NC(=S)NCC1CCCO1)c1ccc(OC)c(OC)c1. The van der Waals surface area contributed by atoms with Crippen LogP contribution in [0.15, 0.2) is 23.3 Å². The lowest BCUT2D eigenvalue weighted by Gasteiger charge is -2.13. The third-order valence-corrected chi connectivity index (χ3v) is 4.09. The minimum atomic E-state index is 0.241. The van der Waals surface area contributed by atoms with Gasteiger partial charge >= 0.3 is 0 Å². The van der Waals surface area contributed by atoms with E-state index in [0.717, 1.165) is 37.1 Å². The number of ether oxygens (including phenoxy) is 3. The Labute approximate surface area is 148 Å². The molecule has 7 heteroatoms. The van der Waals surface area contributed by atoms with Gasteiger partial charge in [-0.25, -0.2) is 0 Å². The van der Waals surface area contributed by atoms with Crippen LogP contribution in [0, 0.1) is 0 Å². The molecular formula is C17H25N3O3S. The molecule has 0 spiro atoms. The number of hydrazone groups is 1. The second kappa shape index (κ2) is 9.44. The summed E-state index contributed by atoms with van der Waals surface area (Å²) in [7, 11) is 3.23. The van der Waals surface area contributed by atoms with Crippen molar-refractivity contribution >= 4 is 23.0 Å². The summed E-state index contributed by atoms with van der Waals surface area (Å²) in [6.07, 6.45) is 3.19. The van der Waals surface area contributed by atoms with Gasteiger partial charge in [0.15, 0.2) is 16.6 Å². The molecule has 1 atom stereocenters. The molecule has 1 aromatic carbocycles. The zero-order valence-corrected chi connectivity index (χ0v) is 15.2. The first kappa shape index (κ1) is 18.5. The van der Waals surface area contributed by atoms with E-state index in [-0.39, 0.29) is 6.10 Å². The monoisotopic (exact) mass is 351 g/mol. The molecule has 6 nitrogen and oxygen atoms in total. The molecular weight excluding hydrogens is 326 g/mol. The Hall–Kier alpha value is -1.86. The van der Waals surface area contributed by atoms with Crippen LogP contribution in [0.3, 0.4) is 0 Å². The Morgan fingerprint density at radius 2 is 2.12 bits per heavy atom. The van der Waals surface area contributed by atoms with Gasteiger partial charge in [0.25, 0.3) is 0 Å². The molecule has 0 bridgehead atoms. The summed E-state index contributed by atoms with van der Waals surface area (Å²) in [5.74, 6) is 1.37. The minimum absolute atomic E-state index is 0.241. The standard InChI is InChI=1S/C17H25N3O3S/c1-4-14(12-7-8-15(21-2)16(10-12)22-3)19-20-17(24)18-11-13-6-5-9-23-13/h7-8,10,13H,4-6,9,11H2,1-3H3,(H2,18,20,24)/b19-14+. The van der Waals surface area contributed by atoms with Crippen LogP contribution in [-0.2, 0) is 4.74 Å². The van der Waals surface area contributed by atoms with Crippen molar-refractivity contribution in [1.82, 2.24) is 10.7 Å². The Morgan fingerprint density at radius 3 is 2.75 bits per heavy atom. The molecule has 0 amide bonds. The predicted molar refractivity (Wildman–Crippen MR) is 99.1 cm³/mol. The molecule has 0 radical (unpaired) electrons. The van der Waals surface area contributed by atoms with Crippen molar-refractivity contribution in [2.24, 2.45) is 5.10 Å². The molecule has 1 aromatic rings. The van der Waals surface area contributed by atoms with Crippen molar-refractivity contribution in [2.45, 2.75) is 32.3 Å². The maximum Gasteiger partial charge on any atom is 0.187 e. The highest BCUT2D eigenvalue weighted by molar-refractivity contribution is 7.80. The van der Waals surface area contributed by atoms with Crippen molar-refractivity contribution in [3.8, 4) is 11.5 Å². The van der Waals surface area contributed by atoms with Crippen molar-refractivity contribution < 1.29 is 14.2 Å². The first-order valence-electron chi connectivity index (χ1n) is 8.12. The molecule has 1 aliphatic rings. The van der Waals surface area contributed by atoms with Crippen LogP contribution in [0.1, 0.15) is 31.7 Å². The number of nitrogens with zero attached hydrogens (tertiary/aromatic N) is 1. The van der Waals surface area contributed by atoms with Crippen LogP contribution >= 0.6 is 12.2 Å². The molecule has 0 saturated carbocycles.